The zero-order valence-corrected chi connectivity index (χ0v) is 12.0. The maximum atomic E-state index is 12.2. The number of aliphatic hydroxyl groups excluding tert-OH is 1. The van der Waals surface area contributed by atoms with Crippen molar-refractivity contribution in [3.8, 4) is 0 Å². The fourth-order valence-electron chi connectivity index (χ4n) is 2.89. The number of carbonyl (C=O) groups excluding carboxylic acids is 1. The van der Waals surface area contributed by atoms with Crippen molar-refractivity contribution in [1.29, 1.82) is 0 Å². The van der Waals surface area contributed by atoms with Crippen molar-refractivity contribution in [3.63, 3.8) is 0 Å². The molecule has 1 aromatic rings. The van der Waals surface area contributed by atoms with Gasteiger partial charge < -0.3 is 14.8 Å². The summed E-state index contributed by atoms with van der Waals surface area (Å²) >= 11 is 0. The Morgan fingerprint density at radius 2 is 2.50 bits per heavy atom. The first kappa shape index (κ1) is 15.1. The Labute approximate surface area is 119 Å². The van der Waals surface area contributed by atoms with Crippen molar-refractivity contribution in [2.24, 2.45) is 0 Å². The van der Waals surface area contributed by atoms with Gasteiger partial charge >= 0.3 is 0 Å². The SMILES string of the molecule is CC(C(=O)NCc1ccco1)N1CCCC1CCCO. The third-order valence-electron chi connectivity index (χ3n) is 4.01. The molecule has 0 spiro atoms. The number of furan rings is 1. The van der Waals surface area contributed by atoms with E-state index in [4.69, 9.17) is 9.52 Å². The standard InChI is InChI=1S/C15H24N2O3/c1-12(15(19)16-11-14-7-4-10-20-14)17-8-2-5-13(17)6-3-9-18/h4,7,10,12-13,18H,2-3,5-6,8-9,11H2,1H3,(H,16,19). The largest absolute Gasteiger partial charge is 0.467 e. The minimum Gasteiger partial charge on any atom is -0.467 e. The normalized spacial score (nSPS) is 21.0. The van der Waals surface area contributed by atoms with Gasteiger partial charge in [0.1, 0.15) is 5.76 Å². The van der Waals surface area contributed by atoms with Gasteiger partial charge in [-0.25, -0.2) is 0 Å². The molecule has 2 N–H and O–H groups in total. The predicted molar refractivity (Wildman–Crippen MR) is 76.1 cm³/mol. The molecule has 20 heavy (non-hydrogen) atoms. The van der Waals surface area contributed by atoms with Crippen molar-refractivity contribution in [2.75, 3.05) is 13.2 Å². The molecule has 5 nitrogen and oxygen atoms in total. The molecule has 0 radical (unpaired) electrons. The number of nitrogens with one attached hydrogen (secondary N) is 1. The van der Waals surface area contributed by atoms with Gasteiger partial charge in [-0.05, 0) is 51.3 Å². The van der Waals surface area contributed by atoms with Crippen LogP contribution in [0.1, 0.15) is 38.4 Å². The second kappa shape index (κ2) is 7.45. The van der Waals surface area contributed by atoms with E-state index in [2.05, 4.69) is 10.2 Å². The molecule has 0 bridgehead atoms. The van der Waals surface area contributed by atoms with Gasteiger partial charge in [0.2, 0.25) is 5.91 Å². The van der Waals surface area contributed by atoms with E-state index in [0.717, 1.165) is 38.0 Å². The van der Waals surface area contributed by atoms with Crippen LogP contribution >= 0.6 is 0 Å². The van der Waals surface area contributed by atoms with Crippen LogP contribution in [-0.4, -0.2) is 41.1 Å². The summed E-state index contributed by atoms with van der Waals surface area (Å²) in [6.45, 7) is 3.58. The Bertz CT molecular complexity index is 405. The average molecular weight is 280 g/mol. The van der Waals surface area contributed by atoms with E-state index < -0.39 is 0 Å². The van der Waals surface area contributed by atoms with Gasteiger partial charge in [0, 0.05) is 12.6 Å². The summed E-state index contributed by atoms with van der Waals surface area (Å²) in [5.74, 6) is 0.807. The highest BCUT2D eigenvalue weighted by Crippen LogP contribution is 2.23. The van der Waals surface area contributed by atoms with E-state index in [1.165, 1.54) is 0 Å². The molecular weight excluding hydrogens is 256 g/mol. The number of hydrogen-bond acceptors (Lipinski definition) is 4. The predicted octanol–water partition coefficient (Wildman–Crippen LogP) is 1.52. The van der Waals surface area contributed by atoms with Crippen LogP contribution in [0.15, 0.2) is 22.8 Å². The van der Waals surface area contributed by atoms with Gasteiger partial charge in [-0.1, -0.05) is 0 Å². The molecule has 1 saturated heterocycles. The topological polar surface area (TPSA) is 65.7 Å². The highest BCUT2D eigenvalue weighted by molar-refractivity contribution is 5.81. The number of likely N-dealkylation sites (tertiary alicyclic amines) is 1. The number of carbonyl (C=O) groups is 1. The molecule has 0 aromatic carbocycles. The summed E-state index contributed by atoms with van der Waals surface area (Å²) in [6, 6.07) is 3.96. The Balaban J connectivity index is 1.82. The first-order valence-electron chi connectivity index (χ1n) is 7.39. The molecule has 2 heterocycles. The minimum absolute atomic E-state index is 0.0392. The smallest absolute Gasteiger partial charge is 0.237 e. The van der Waals surface area contributed by atoms with Gasteiger partial charge in [-0.2, -0.15) is 0 Å². The van der Waals surface area contributed by atoms with Gasteiger partial charge in [-0.3, -0.25) is 9.69 Å². The summed E-state index contributed by atoms with van der Waals surface area (Å²) in [4.78, 5) is 14.5. The van der Waals surface area contributed by atoms with Gasteiger partial charge in [-0.15, -0.1) is 0 Å². The minimum atomic E-state index is -0.129. The first-order chi connectivity index (χ1) is 9.72. The Kier molecular flexibility index (Phi) is 5.61. The fourth-order valence-corrected chi connectivity index (χ4v) is 2.89. The van der Waals surface area contributed by atoms with Crippen LogP contribution in [0.4, 0.5) is 0 Å². The molecule has 112 valence electrons. The Morgan fingerprint density at radius 3 is 3.20 bits per heavy atom. The summed E-state index contributed by atoms with van der Waals surface area (Å²) in [7, 11) is 0. The number of rotatable bonds is 7. The second-order valence-electron chi connectivity index (χ2n) is 5.37. The molecule has 1 aliphatic rings. The van der Waals surface area contributed by atoms with Crippen molar-refractivity contribution in [1.82, 2.24) is 10.2 Å². The molecule has 2 unspecified atom stereocenters. The number of nitrogens with zero attached hydrogens (tertiary/aromatic N) is 1. The van der Waals surface area contributed by atoms with Crippen molar-refractivity contribution < 1.29 is 14.3 Å². The van der Waals surface area contributed by atoms with E-state index in [9.17, 15) is 4.79 Å². The number of amides is 1. The van der Waals surface area contributed by atoms with E-state index >= 15 is 0 Å². The third-order valence-corrected chi connectivity index (χ3v) is 4.01. The van der Waals surface area contributed by atoms with Crippen LogP contribution in [0, 0.1) is 0 Å². The van der Waals surface area contributed by atoms with Crippen LogP contribution < -0.4 is 5.32 Å². The van der Waals surface area contributed by atoms with E-state index in [1.807, 2.05) is 19.1 Å². The molecular formula is C15H24N2O3. The monoisotopic (exact) mass is 280 g/mol. The lowest BCUT2D eigenvalue weighted by atomic mass is 10.1. The van der Waals surface area contributed by atoms with Crippen LogP contribution in [0.2, 0.25) is 0 Å². The lowest BCUT2D eigenvalue weighted by Gasteiger charge is -2.29. The van der Waals surface area contributed by atoms with Crippen LogP contribution in [0.3, 0.4) is 0 Å². The molecule has 1 aromatic heterocycles. The summed E-state index contributed by atoms with van der Waals surface area (Å²) in [5.41, 5.74) is 0. The molecule has 1 amide bonds. The zero-order chi connectivity index (χ0) is 14.4. The van der Waals surface area contributed by atoms with E-state index in [0.29, 0.717) is 12.6 Å². The quantitative estimate of drug-likeness (QED) is 0.795. The van der Waals surface area contributed by atoms with Crippen LogP contribution in [0.25, 0.3) is 0 Å². The first-order valence-corrected chi connectivity index (χ1v) is 7.39. The molecule has 2 rings (SSSR count). The lowest BCUT2D eigenvalue weighted by Crippen LogP contribution is -2.47. The highest BCUT2D eigenvalue weighted by Gasteiger charge is 2.31. The molecule has 1 aliphatic heterocycles. The van der Waals surface area contributed by atoms with Crippen molar-refractivity contribution in [3.05, 3.63) is 24.2 Å². The van der Waals surface area contributed by atoms with E-state index in [1.54, 1.807) is 6.26 Å². The lowest BCUT2D eigenvalue weighted by molar-refractivity contribution is -0.126. The average Bonchev–Trinajstić information content (AvgIpc) is 3.12. The Hall–Kier alpha value is -1.33. The van der Waals surface area contributed by atoms with Crippen molar-refractivity contribution >= 4 is 5.91 Å². The maximum Gasteiger partial charge on any atom is 0.237 e. The Morgan fingerprint density at radius 1 is 1.65 bits per heavy atom. The molecule has 0 saturated carbocycles. The summed E-state index contributed by atoms with van der Waals surface area (Å²) < 4.78 is 5.21. The van der Waals surface area contributed by atoms with Gasteiger partial charge in [0.25, 0.3) is 0 Å². The number of hydrogen-bond donors (Lipinski definition) is 2. The van der Waals surface area contributed by atoms with Gasteiger partial charge in [0.15, 0.2) is 0 Å². The molecule has 0 aliphatic carbocycles. The summed E-state index contributed by atoms with van der Waals surface area (Å²) in [6.07, 6.45) is 5.63. The molecule has 1 fully saturated rings. The molecule has 2 atom stereocenters. The van der Waals surface area contributed by atoms with Gasteiger partial charge in [0.05, 0.1) is 18.8 Å². The maximum absolute atomic E-state index is 12.2. The zero-order valence-electron chi connectivity index (χ0n) is 12.0. The van der Waals surface area contributed by atoms with Crippen molar-refractivity contribution in [2.45, 2.75) is 51.2 Å². The highest BCUT2D eigenvalue weighted by atomic mass is 16.3. The summed E-state index contributed by atoms with van der Waals surface area (Å²) in [5, 5.41) is 11.9. The third kappa shape index (κ3) is 3.84. The number of aliphatic hydroxyl groups is 1. The fraction of sp³-hybridized carbons (Fsp3) is 0.667. The van der Waals surface area contributed by atoms with Crippen LogP contribution in [-0.2, 0) is 11.3 Å². The second-order valence-corrected chi connectivity index (χ2v) is 5.37. The van der Waals surface area contributed by atoms with E-state index in [-0.39, 0.29) is 18.6 Å². The molecule has 5 heteroatoms. The van der Waals surface area contributed by atoms with Crippen LogP contribution in [0.5, 0.6) is 0 Å².